The molecule has 5 rings (SSSR count). The Hall–Kier alpha value is -4.49. The molecule has 176 valence electrons. The number of amides is 1. The number of fused-ring (bicyclic) bond motifs is 1. The molecule has 0 atom stereocenters. The largest absolute Gasteiger partial charge is 0.325 e. The highest BCUT2D eigenvalue weighted by atomic mass is 32.2. The smallest absolute Gasteiger partial charge is 0.266 e. The standard InChI is InChI=1S/C29H21N3O3S/c33-26(30-24-17-9-7-15-22(24)27(34)20-11-3-1-4-12-20)19-36-29-31-25-18-10-8-16-23(25)28(35)32(29)21-13-5-2-6-14-21/h1-18H,19H2,(H,30,33). The Kier molecular flexibility index (Phi) is 6.73. The van der Waals surface area contributed by atoms with E-state index < -0.39 is 0 Å². The number of nitrogens with one attached hydrogen (secondary N) is 1. The first-order valence-corrected chi connectivity index (χ1v) is 12.3. The molecule has 1 aromatic heterocycles. The molecule has 0 saturated heterocycles. The Balaban J connectivity index is 1.41. The zero-order valence-electron chi connectivity index (χ0n) is 19.1. The van der Waals surface area contributed by atoms with Gasteiger partial charge in [-0.1, -0.05) is 84.6 Å². The van der Waals surface area contributed by atoms with Crippen LogP contribution in [0.5, 0.6) is 0 Å². The number of anilines is 1. The summed E-state index contributed by atoms with van der Waals surface area (Å²) >= 11 is 1.16. The number of ketones is 1. The molecule has 6 nitrogen and oxygen atoms in total. The Morgan fingerprint density at radius 3 is 2.19 bits per heavy atom. The molecule has 0 fully saturated rings. The minimum atomic E-state index is -0.310. The van der Waals surface area contributed by atoms with Gasteiger partial charge in [-0.2, -0.15) is 0 Å². The van der Waals surface area contributed by atoms with Crippen molar-refractivity contribution in [1.82, 2.24) is 9.55 Å². The van der Waals surface area contributed by atoms with Crippen LogP contribution in [0.4, 0.5) is 5.69 Å². The zero-order valence-corrected chi connectivity index (χ0v) is 19.9. The highest BCUT2D eigenvalue weighted by Gasteiger charge is 2.17. The first-order chi connectivity index (χ1) is 17.6. The van der Waals surface area contributed by atoms with Crippen molar-refractivity contribution in [3.05, 3.63) is 131 Å². The van der Waals surface area contributed by atoms with Crippen molar-refractivity contribution in [2.45, 2.75) is 5.16 Å². The van der Waals surface area contributed by atoms with E-state index in [1.54, 1.807) is 66.7 Å². The summed E-state index contributed by atoms with van der Waals surface area (Å²) in [4.78, 5) is 43.9. The number of para-hydroxylation sites is 3. The third kappa shape index (κ3) is 4.82. The quantitative estimate of drug-likeness (QED) is 0.189. The fraction of sp³-hybridized carbons (Fsp3) is 0.0345. The molecule has 0 bridgehead atoms. The van der Waals surface area contributed by atoms with Crippen LogP contribution >= 0.6 is 11.8 Å². The van der Waals surface area contributed by atoms with E-state index in [1.807, 2.05) is 42.5 Å². The van der Waals surface area contributed by atoms with Gasteiger partial charge < -0.3 is 5.32 Å². The molecule has 4 aromatic carbocycles. The van der Waals surface area contributed by atoms with E-state index in [9.17, 15) is 14.4 Å². The average Bonchev–Trinajstić information content (AvgIpc) is 2.93. The van der Waals surface area contributed by atoms with Gasteiger partial charge in [-0.05, 0) is 36.4 Å². The molecule has 0 spiro atoms. The van der Waals surface area contributed by atoms with Crippen molar-refractivity contribution in [1.29, 1.82) is 0 Å². The van der Waals surface area contributed by atoms with E-state index >= 15 is 0 Å². The predicted octanol–water partition coefficient (Wildman–Crippen LogP) is 5.35. The number of carbonyl (C=O) groups is 2. The molecule has 0 unspecified atom stereocenters. The van der Waals surface area contributed by atoms with Crippen LogP contribution in [-0.4, -0.2) is 27.0 Å². The van der Waals surface area contributed by atoms with Gasteiger partial charge in [-0.15, -0.1) is 0 Å². The number of hydrogen-bond acceptors (Lipinski definition) is 5. The molecule has 1 heterocycles. The lowest BCUT2D eigenvalue weighted by molar-refractivity contribution is -0.113. The molecule has 36 heavy (non-hydrogen) atoms. The van der Waals surface area contributed by atoms with E-state index in [0.717, 1.165) is 11.8 Å². The number of thioether (sulfide) groups is 1. The summed E-state index contributed by atoms with van der Waals surface area (Å²) in [5.74, 6) is -0.477. The van der Waals surface area contributed by atoms with E-state index in [-0.39, 0.29) is 23.0 Å². The minimum absolute atomic E-state index is 0.00543. The van der Waals surface area contributed by atoms with Crippen molar-refractivity contribution >= 4 is 40.0 Å². The minimum Gasteiger partial charge on any atom is -0.325 e. The van der Waals surface area contributed by atoms with Crippen LogP contribution in [0.3, 0.4) is 0 Å². The van der Waals surface area contributed by atoms with E-state index in [2.05, 4.69) is 10.3 Å². The molecule has 0 saturated carbocycles. The molecular weight excluding hydrogens is 470 g/mol. The molecule has 0 aliphatic rings. The fourth-order valence-electron chi connectivity index (χ4n) is 3.87. The highest BCUT2D eigenvalue weighted by Crippen LogP contribution is 2.23. The summed E-state index contributed by atoms with van der Waals surface area (Å²) < 4.78 is 1.52. The second kappa shape index (κ2) is 10.4. The number of aromatic nitrogens is 2. The third-order valence-corrected chi connectivity index (χ3v) is 6.51. The Bertz CT molecular complexity index is 1620. The van der Waals surface area contributed by atoms with Gasteiger partial charge >= 0.3 is 0 Å². The molecule has 1 N–H and O–H groups in total. The number of benzene rings is 4. The van der Waals surface area contributed by atoms with Crippen LogP contribution in [0.25, 0.3) is 16.6 Å². The maximum atomic E-state index is 13.3. The van der Waals surface area contributed by atoms with Gasteiger partial charge in [0, 0.05) is 11.1 Å². The summed E-state index contributed by atoms with van der Waals surface area (Å²) in [5, 5.41) is 3.76. The first-order valence-electron chi connectivity index (χ1n) is 11.3. The Morgan fingerprint density at radius 1 is 0.778 bits per heavy atom. The van der Waals surface area contributed by atoms with Crippen molar-refractivity contribution < 1.29 is 9.59 Å². The van der Waals surface area contributed by atoms with Crippen molar-refractivity contribution in [3.63, 3.8) is 0 Å². The number of rotatable bonds is 7. The van der Waals surface area contributed by atoms with Gasteiger partial charge in [0.25, 0.3) is 5.56 Å². The van der Waals surface area contributed by atoms with Gasteiger partial charge in [0.2, 0.25) is 5.91 Å². The number of carbonyl (C=O) groups excluding carboxylic acids is 2. The van der Waals surface area contributed by atoms with Crippen LogP contribution in [0.1, 0.15) is 15.9 Å². The van der Waals surface area contributed by atoms with Crippen LogP contribution in [0.2, 0.25) is 0 Å². The van der Waals surface area contributed by atoms with E-state index in [4.69, 9.17) is 0 Å². The molecule has 0 aliphatic heterocycles. The molecule has 5 aromatic rings. The van der Waals surface area contributed by atoms with E-state index in [0.29, 0.717) is 38.6 Å². The van der Waals surface area contributed by atoms with Crippen LogP contribution in [0, 0.1) is 0 Å². The molecular formula is C29H21N3O3S. The lowest BCUT2D eigenvalue weighted by Crippen LogP contribution is -2.23. The van der Waals surface area contributed by atoms with Gasteiger partial charge in [-0.25, -0.2) is 4.98 Å². The van der Waals surface area contributed by atoms with Gasteiger partial charge in [0.05, 0.1) is 28.0 Å². The fourth-order valence-corrected chi connectivity index (χ4v) is 4.68. The molecule has 0 radical (unpaired) electrons. The van der Waals surface area contributed by atoms with Crippen molar-refractivity contribution in [2.24, 2.45) is 0 Å². The Labute approximate surface area is 211 Å². The lowest BCUT2D eigenvalue weighted by atomic mass is 10.0. The van der Waals surface area contributed by atoms with Crippen molar-refractivity contribution in [3.8, 4) is 5.69 Å². The molecule has 0 aliphatic carbocycles. The maximum Gasteiger partial charge on any atom is 0.266 e. The lowest BCUT2D eigenvalue weighted by Gasteiger charge is -2.14. The first kappa shape index (κ1) is 23.3. The monoisotopic (exact) mass is 491 g/mol. The average molecular weight is 492 g/mol. The summed E-state index contributed by atoms with van der Waals surface area (Å²) in [6, 6.07) is 32.2. The summed E-state index contributed by atoms with van der Waals surface area (Å²) in [7, 11) is 0. The molecule has 1 amide bonds. The van der Waals surface area contributed by atoms with Crippen LogP contribution in [-0.2, 0) is 4.79 Å². The Morgan fingerprint density at radius 2 is 1.42 bits per heavy atom. The summed E-state index contributed by atoms with van der Waals surface area (Å²) in [6.07, 6.45) is 0. The maximum absolute atomic E-state index is 13.3. The highest BCUT2D eigenvalue weighted by molar-refractivity contribution is 7.99. The van der Waals surface area contributed by atoms with Crippen molar-refractivity contribution in [2.75, 3.05) is 11.1 Å². The molecule has 7 heteroatoms. The third-order valence-electron chi connectivity index (χ3n) is 5.57. The van der Waals surface area contributed by atoms with Crippen LogP contribution < -0.4 is 10.9 Å². The summed E-state index contributed by atoms with van der Waals surface area (Å²) in [6.45, 7) is 0. The normalized spacial score (nSPS) is 10.8. The second-order valence-electron chi connectivity index (χ2n) is 7.97. The van der Waals surface area contributed by atoms with Gasteiger partial charge in [0.15, 0.2) is 10.9 Å². The van der Waals surface area contributed by atoms with Crippen LogP contribution in [0.15, 0.2) is 119 Å². The SMILES string of the molecule is O=C(CSc1nc2ccccc2c(=O)n1-c1ccccc1)Nc1ccccc1C(=O)c1ccccc1. The van der Waals surface area contributed by atoms with Gasteiger partial charge in [0.1, 0.15) is 0 Å². The number of hydrogen-bond donors (Lipinski definition) is 1. The number of nitrogens with zero attached hydrogens (tertiary/aromatic N) is 2. The zero-order chi connectivity index (χ0) is 24.9. The topological polar surface area (TPSA) is 81.1 Å². The van der Waals surface area contributed by atoms with Gasteiger partial charge in [-0.3, -0.25) is 19.0 Å². The second-order valence-corrected chi connectivity index (χ2v) is 8.91. The summed E-state index contributed by atoms with van der Waals surface area (Å²) in [5.41, 5.74) is 2.42. The van der Waals surface area contributed by atoms with E-state index in [1.165, 1.54) is 4.57 Å². The predicted molar refractivity (Wildman–Crippen MR) is 143 cm³/mol.